The fourth-order valence-corrected chi connectivity index (χ4v) is 2.20. The van der Waals surface area contributed by atoms with Crippen molar-refractivity contribution in [2.45, 2.75) is 40.0 Å². The third-order valence-corrected chi connectivity index (χ3v) is 3.75. The number of hydrogen-bond acceptors (Lipinski definition) is 4. The maximum Gasteiger partial charge on any atom is 0.133 e. The van der Waals surface area contributed by atoms with Gasteiger partial charge in [-0.1, -0.05) is 20.8 Å². The van der Waals surface area contributed by atoms with Crippen molar-refractivity contribution in [1.29, 1.82) is 0 Å². The Labute approximate surface area is 110 Å². The molecular formula is C14H24N4. The van der Waals surface area contributed by atoms with Gasteiger partial charge < -0.3 is 10.6 Å². The monoisotopic (exact) mass is 248 g/mol. The van der Waals surface area contributed by atoms with Crippen molar-refractivity contribution in [2.24, 2.45) is 11.3 Å². The normalized spacial score (nSPS) is 20.6. The minimum Gasteiger partial charge on any atom is -0.373 e. The second-order valence-electron chi connectivity index (χ2n) is 5.83. The molecule has 2 rings (SSSR count). The van der Waals surface area contributed by atoms with Crippen LogP contribution in [0.25, 0.3) is 0 Å². The summed E-state index contributed by atoms with van der Waals surface area (Å²) in [5.74, 6) is 3.54. The van der Waals surface area contributed by atoms with Crippen molar-refractivity contribution in [2.75, 3.05) is 24.2 Å². The maximum absolute atomic E-state index is 4.56. The first kappa shape index (κ1) is 13.1. The molecule has 0 aliphatic heterocycles. The van der Waals surface area contributed by atoms with Gasteiger partial charge in [0.2, 0.25) is 0 Å². The Bertz CT molecular complexity index is 414. The molecule has 0 radical (unpaired) electrons. The van der Waals surface area contributed by atoms with E-state index in [-0.39, 0.29) is 0 Å². The molecule has 1 heterocycles. The highest BCUT2D eigenvalue weighted by Crippen LogP contribution is 2.51. The molecule has 2 N–H and O–H groups in total. The topological polar surface area (TPSA) is 49.8 Å². The van der Waals surface area contributed by atoms with E-state index in [2.05, 4.69) is 41.4 Å². The zero-order valence-electron chi connectivity index (χ0n) is 11.9. The summed E-state index contributed by atoms with van der Waals surface area (Å²) in [5.41, 5.74) is 0.512. The molecule has 4 heteroatoms. The van der Waals surface area contributed by atoms with E-state index in [0.29, 0.717) is 5.41 Å². The molecule has 1 aromatic heterocycles. The summed E-state index contributed by atoms with van der Waals surface area (Å²) in [4.78, 5) is 9.01. The van der Waals surface area contributed by atoms with Gasteiger partial charge in [0.1, 0.15) is 17.5 Å². The van der Waals surface area contributed by atoms with Crippen LogP contribution in [0.2, 0.25) is 0 Å². The van der Waals surface area contributed by atoms with Gasteiger partial charge in [-0.3, -0.25) is 0 Å². The molecule has 1 unspecified atom stereocenters. The van der Waals surface area contributed by atoms with Gasteiger partial charge in [0, 0.05) is 26.1 Å². The summed E-state index contributed by atoms with van der Waals surface area (Å²) in [5, 5.41) is 6.54. The highest BCUT2D eigenvalue weighted by atomic mass is 15.1. The molecule has 1 aromatic rings. The average Bonchev–Trinajstić information content (AvgIpc) is 2.95. The van der Waals surface area contributed by atoms with Crippen LogP contribution in [0.15, 0.2) is 6.07 Å². The predicted octanol–water partition coefficient (Wildman–Crippen LogP) is 2.93. The van der Waals surface area contributed by atoms with Gasteiger partial charge in [0.05, 0.1) is 0 Å². The third kappa shape index (κ3) is 3.12. The van der Waals surface area contributed by atoms with Crippen LogP contribution in [0, 0.1) is 11.3 Å². The van der Waals surface area contributed by atoms with Gasteiger partial charge in [0.25, 0.3) is 0 Å². The van der Waals surface area contributed by atoms with Crippen LogP contribution in [0.3, 0.4) is 0 Å². The van der Waals surface area contributed by atoms with E-state index in [4.69, 9.17) is 0 Å². The van der Waals surface area contributed by atoms with Crippen molar-refractivity contribution in [3.8, 4) is 0 Å². The Hall–Kier alpha value is -1.32. The molecular weight excluding hydrogens is 224 g/mol. The predicted molar refractivity (Wildman–Crippen MR) is 76.0 cm³/mol. The van der Waals surface area contributed by atoms with Crippen molar-refractivity contribution in [3.05, 3.63) is 11.9 Å². The number of nitrogens with one attached hydrogen (secondary N) is 2. The van der Waals surface area contributed by atoms with Crippen LogP contribution in [0.1, 0.15) is 39.4 Å². The van der Waals surface area contributed by atoms with E-state index in [9.17, 15) is 0 Å². The minimum atomic E-state index is 0.512. The molecule has 1 fully saturated rings. The molecule has 18 heavy (non-hydrogen) atoms. The van der Waals surface area contributed by atoms with Gasteiger partial charge in [-0.15, -0.1) is 0 Å². The zero-order chi connectivity index (χ0) is 13.2. The van der Waals surface area contributed by atoms with Crippen LogP contribution in [0.5, 0.6) is 0 Å². The Morgan fingerprint density at radius 3 is 2.56 bits per heavy atom. The van der Waals surface area contributed by atoms with E-state index < -0.39 is 0 Å². The van der Waals surface area contributed by atoms with Crippen LogP contribution < -0.4 is 10.6 Å². The Morgan fingerprint density at radius 1 is 1.33 bits per heavy atom. The third-order valence-electron chi connectivity index (χ3n) is 3.75. The molecule has 0 amide bonds. The first-order chi connectivity index (χ1) is 8.55. The van der Waals surface area contributed by atoms with Gasteiger partial charge in [-0.2, -0.15) is 0 Å². The molecule has 4 nitrogen and oxygen atoms in total. The molecule has 100 valence electrons. The Kier molecular flexibility index (Phi) is 3.73. The molecule has 0 saturated heterocycles. The quantitative estimate of drug-likeness (QED) is 0.812. The summed E-state index contributed by atoms with van der Waals surface area (Å²) in [6, 6.07) is 1.98. The number of rotatable bonds is 6. The van der Waals surface area contributed by atoms with Gasteiger partial charge in [-0.05, 0) is 24.2 Å². The van der Waals surface area contributed by atoms with Crippen LogP contribution in [-0.4, -0.2) is 23.6 Å². The molecule has 1 aliphatic carbocycles. The van der Waals surface area contributed by atoms with Crippen molar-refractivity contribution < 1.29 is 0 Å². The number of aromatic nitrogens is 2. The largest absolute Gasteiger partial charge is 0.373 e. The molecule has 0 aromatic carbocycles. The first-order valence-electron chi connectivity index (χ1n) is 6.84. The summed E-state index contributed by atoms with van der Waals surface area (Å²) in [7, 11) is 1.89. The van der Waals surface area contributed by atoms with Crippen LogP contribution in [0.4, 0.5) is 11.6 Å². The fourth-order valence-electron chi connectivity index (χ4n) is 2.20. The highest BCUT2D eigenvalue weighted by molar-refractivity contribution is 5.47. The standard InChI is InChI=1S/C14H24N4/c1-5-6-11-17-12(15-4)7-13(18-11)16-9-10-8-14(10,2)3/h7,10H,5-6,8-9H2,1-4H3,(H2,15,16,17,18). The average molecular weight is 248 g/mol. The number of aryl methyl sites for hydroxylation is 1. The lowest BCUT2D eigenvalue weighted by Gasteiger charge is -2.10. The molecule has 1 saturated carbocycles. The van der Waals surface area contributed by atoms with E-state index in [1.54, 1.807) is 0 Å². The fraction of sp³-hybridized carbons (Fsp3) is 0.714. The second-order valence-corrected chi connectivity index (χ2v) is 5.83. The summed E-state index contributed by atoms with van der Waals surface area (Å²) >= 11 is 0. The SMILES string of the molecule is CCCc1nc(NC)cc(NCC2CC2(C)C)n1. The van der Waals surface area contributed by atoms with Gasteiger partial charge >= 0.3 is 0 Å². The van der Waals surface area contributed by atoms with Crippen molar-refractivity contribution >= 4 is 11.6 Å². The summed E-state index contributed by atoms with van der Waals surface area (Å²) in [6.07, 6.45) is 3.31. The smallest absolute Gasteiger partial charge is 0.133 e. The first-order valence-corrected chi connectivity index (χ1v) is 6.84. The van der Waals surface area contributed by atoms with Gasteiger partial charge in [0.15, 0.2) is 0 Å². The highest BCUT2D eigenvalue weighted by Gasteiger charge is 2.44. The second kappa shape index (κ2) is 5.12. The number of anilines is 2. The molecule has 1 atom stereocenters. The maximum atomic E-state index is 4.56. The van der Waals surface area contributed by atoms with Crippen molar-refractivity contribution in [3.63, 3.8) is 0 Å². The molecule has 0 bridgehead atoms. The molecule has 1 aliphatic rings. The lowest BCUT2D eigenvalue weighted by molar-refractivity contribution is 0.572. The van der Waals surface area contributed by atoms with E-state index >= 15 is 0 Å². The lowest BCUT2D eigenvalue weighted by atomic mass is 10.1. The summed E-state index contributed by atoms with van der Waals surface area (Å²) in [6.45, 7) is 7.80. The van der Waals surface area contributed by atoms with Crippen LogP contribution in [-0.2, 0) is 6.42 Å². The summed E-state index contributed by atoms with van der Waals surface area (Å²) < 4.78 is 0. The van der Waals surface area contributed by atoms with Gasteiger partial charge in [-0.25, -0.2) is 9.97 Å². The lowest BCUT2D eigenvalue weighted by Crippen LogP contribution is -2.10. The Morgan fingerprint density at radius 2 is 2.00 bits per heavy atom. The van der Waals surface area contributed by atoms with Crippen LogP contribution >= 0.6 is 0 Å². The number of hydrogen-bond donors (Lipinski definition) is 2. The van der Waals surface area contributed by atoms with Crippen molar-refractivity contribution in [1.82, 2.24) is 9.97 Å². The number of nitrogens with zero attached hydrogens (tertiary/aromatic N) is 2. The van der Waals surface area contributed by atoms with E-state index in [1.165, 1.54) is 6.42 Å². The van der Waals surface area contributed by atoms with E-state index in [1.807, 2.05) is 13.1 Å². The minimum absolute atomic E-state index is 0.512. The van der Waals surface area contributed by atoms with E-state index in [0.717, 1.165) is 42.8 Å². The molecule has 0 spiro atoms. The Balaban J connectivity index is 2.00. The zero-order valence-corrected chi connectivity index (χ0v) is 11.9.